The summed E-state index contributed by atoms with van der Waals surface area (Å²) in [4.78, 5) is 19.4. The molecule has 0 aliphatic carbocycles. The number of hydrogen-bond donors (Lipinski definition) is 3. The van der Waals surface area contributed by atoms with Crippen LogP contribution in [0.5, 0.6) is 0 Å². The van der Waals surface area contributed by atoms with E-state index in [4.69, 9.17) is 11.6 Å². The number of nitrogens with one attached hydrogen (secondary N) is 1. The van der Waals surface area contributed by atoms with Crippen molar-refractivity contribution < 1.29 is 4.79 Å². The molecule has 0 amide bonds. The molecule has 0 atom stereocenters. The molecule has 0 bridgehead atoms. The number of aliphatic imine (C=N–C) groups is 2. The minimum atomic E-state index is 0.346. The molecule has 0 saturated carbocycles. The van der Waals surface area contributed by atoms with E-state index in [0.29, 0.717) is 29.7 Å². The Morgan fingerprint density at radius 1 is 1.42 bits per heavy atom. The van der Waals surface area contributed by atoms with Gasteiger partial charge in [-0.3, -0.25) is 14.8 Å². The lowest BCUT2D eigenvalue weighted by molar-refractivity contribution is -0.104. The zero-order valence-electron chi connectivity index (χ0n) is 14.7. The summed E-state index contributed by atoms with van der Waals surface area (Å²) in [6.45, 7) is 10.4. The van der Waals surface area contributed by atoms with Gasteiger partial charge in [0, 0.05) is 36.8 Å². The third kappa shape index (κ3) is 9.98. The summed E-state index contributed by atoms with van der Waals surface area (Å²) in [7, 11) is 0. The molecule has 24 heavy (non-hydrogen) atoms. The number of hydrazine groups is 1. The molecular weight excluding hydrogens is 324 g/mol. The van der Waals surface area contributed by atoms with Crippen LogP contribution in [0.25, 0.3) is 0 Å². The predicted molar refractivity (Wildman–Crippen MR) is 104 cm³/mol. The number of allylic oxidation sites excluding steroid dienone is 3. The van der Waals surface area contributed by atoms with Crippen LogP contribution in [0.1, 0.15) is 27.2 Å². The van der Waals surface area contributed by atoms with Gasteiger partial charge in [-0.1, -0.05) is 24.8 Å². The van der Waals surface area contributed by atoms with Crippen molar-refractivity contribution in [1.82, 2.24) is 10.3 Å². The molecule has 0 aliphatic heterocycles. The Hall–Kier alpha value is -1.90. The first-order valence-electron chi connectivity index (χ1n) is 7.62. The van der Waals surface area contributed by atoms with Crippen LogP contribution in [-0.2, 0) is 4.79 Å². The molecule has 0 aromatic rings. The van der Waals surface area contributed by atoms with Gasteiger partial charge in [-0.15, -0.1) is 0 Å². The molecule has 0 aliphatic rings. The fourth-order valence-electron chi connectivity index (χ4n) is 1.57. The first-order chi connectivity index (χ1) is 11.5. The van der Waals surface area contributed by atoms with E-state index in [1.54, 1.807) is 0 Å². The molecule has 0 fully saturated rings. The van der Waals surface area contributed by atoms with Crippen molar-refractivity contribution in [2.45, 2.75) is 27.2 Å². The first kappa shape index (κ1) is 22.1. The minimum absolute atomic E-state index is 0.346. The van der Waals surface area contributed by atoms with E-state index in [2.05, 4.69) is 22.0 Å². The summed E-state index contributed by atoms with van der Waals surface area (Å²) in [5.41, 5.74) is 7.31. The van der Waals surface area contributed by atoms with E-state index in [0.717, 1.165) is 24.1 Å². The summed E-state index contributed by atoms with van der Waals surface area (Å²) in [6, 6.07) is 0. The third-order valence-corrected chi connectivity index (χ3v) is 3.46. The van der Waals surface area contributed by atoms with Crippen LogP contribution in [-0.4, -0.2) is 42.7 Å². The maximum absolute atomic E-state index is 10.9. The summed E-state index contributed by atoms with van der Waals surface area (Å²) in [6.07, 6.45) is 6.89. The van der Waals surface area contributed by atoms with Crippen LogP contribution < -0.4 is 16.9 Å². The maximum atomic E-state index is 10.9. The summed E-state index contributed by atoms with van der Waals surface area (Å²) in [5, 5.41) is 4.71. The van der Waals surface area contributed by atoms with Crippen molar-refractivity contribution >= 4 is 30.5 Å². The van der Waals surface area contributed by atoms with E-state index < -0.39 is 0 Å². The fourth-order valence-corrected chi connectivity index (χ4v) is 2.21. The maximum Gasteiger partial charge on any atom is 0.158 e. The number of aldehydes is 1. The second-order valence-electron chi connectivity index (χ2n) is 4.92. The van der Waals surface area contributed by atoms with Gasteiger partial charge in [0.05, 0.1) is 10.8 Å². The fraction of sp³-hybridized carbons (Fsp3) is 0.438. The Kier molecular flexibility index (Phi) is 12.5. The standard InChI is InChI=1S/C16H28N6OS/c1-5-6-14(20-8-7-17)9-16(21-13(2)3)22(18)12-24-15(11-23)10-19-4/h6,9-11,20H,4-5,7-8,12,17-18H2,1-3H3/b14-6-,15-10-,16-9+. The molecule has 0 spiro atoms. The number of carbonyl (C=O) groups is 1. The van der Waals surface area contributed by atoms with Gasteiger partial charge >= 0.3 is 0 Å². The van der Waals surface area contributed by atoms with Gasteiger partial charge in [-0.05, 0) is 27.0 Å². The Balaban J connectivity index is 5.28. The van der Waals surface area contributed by atoms with Crippen molar-refractivity contribution in [3.63, 3.8) is 0 Å². The Labute approximate surface area is 148 Å². The van der Waals surface area contributed by atoms with E-state index in [1.165, 1.54) is 23.0 Å². The summed E-state index contributed by atoms with van der Waals surface area (Å²) < 4.78 is 0. The van der Waals surface area contributed by atoms with Crippen LogP contribution in [0.2, 0.25) is 0 Å². The van der Waals surface area contributed by atoms with E-state index >= 15 is 0 Å². The number of rotatable bonds is 12. The van der Waals surface area contributed by atoms with Crippen molar-refractivity contribution in [3.05, 3.63) is 34.8 Å². The van der Waals surface area contributed by atoms with Crippen LogP contribution in [0.15, 0.2) is 44.8 Å². The van der Waals surface area contributed by atoms with E-state index in [9.17, 15) is 4.79 Å². The molecular formula is C16H28N6OS. The van der Waals surface area contributed by atoms with Crippen molar-refractivity contribution in [3.8, 4) is 0 Å². The lowest BCUT2D eigenvalue weighted by Crippen LogP contribution is -2.30. The largest absolute Gasteiger partial charge is 0.384 e. The molecule has 0 unspecified atom stereocenters. The Morgan fingerprint density at radius 3 is 2.62 bits per heavy atom. The summed E-state index contributed by atoms with van der Waals surface area (Å²) in [5.74, 6) is 7.04. The zero-order chi connectivity index (χ0) is 18.4. The Bertz CT molecular complexity index is 521. The highest BCUT2D eigenvalue weighted by Crippen LogP contribution is 2.17. The van der Waals surface area contributed by atoms with Gasteiger partial charge < -0.3 is 11.1 Å². The van der Waals surface area contributed by atoms with Gasteiger partial charge in [0.2, 0.25) is 0 Å². The van der Waals surface area contributed by atoms with Crippen molar-refractivity contribution in [1.29, 1.82) is 0 Å². The van der Waals surface area contributed by atoms with Crippen LogP contribution in [0, 0.1) is 0 Å². The average Bonchev–Trinajstić information content (AvgIpc) is 2.55. The number of carbonyl (C=O) groups excluding carboxylic acids is 1. The quantitative estimate of drug-likeness (QED) is 0.0939. The topological polar surface area (TPSA) is 109 Å². The van der Waals surface area contributed by atoms with Gasteiger partial charge in [0.15, 0.2) is 6.29 Å². The number of hydrogen-bond acceptors (Lipinski definition) is 8. The SMILES string of the molecule is C=N/C=C(/C=O)SCN(N)/C(=C/C(=C/CC)NCCN)N=C(C)C. The highest BCUT2D eigenvalue weighted by atomic mass is 32.2. The number of nitrogens with zero attached hydrogens (tertiary/aromatic N) is 3. The molecule has 0 radical (unpaired) electrons. The normalized spacial score (nSPS) is 12.6. The first-order valence-corrected chi connectivity index (χ1v) is 8.60. The highest BCUT2D eigenvalue weighted by Gasteiger charge is 2.07. The van der Waals surface area contributed by atoms with E-state index in [-0.39, 0.29) is 0 Å². The van der Waals surface area contributed by atoms with Crippen molar-refractivity contribution in [2.24, 2.45) is 21.6 Å². The molecule has 134 valence electrons. The second kappa shape index (κ2) is 13.5. The monoisotopic (exact) mass is 352 g/mol. The highest BCUT2D eigenvalue weighted by molar-refractivity contribution is 8.03. The average molecular weight is 353 g/mol. The smallest absolute Gasteiger partial charge is 0.158 e. The molecule has 0 rings (SSSR count). The second-order valence-corrected chi connectivity index (χ2v) is 5.94. The molecule has 7 nitrogen and oxygen atoms in total. The van der Waals surface area contributed by atoms with Gasteiger partial charge in [-0.25, -0.2) is 10.8 Å². The zero-order valence-corrected chi connectivity index (χ0v) is 15.5. The minimum Gasteiger partial charge on any atom is -0.384 e. The van der Waals surface area contributed by atoms with Gasteiger partial charge in [0.25, 0.3) is 0 Å². The molecule has 8 heteroatoms. The molecule has 5 N–H and O–H groups in total. The van der Waals surface area contributed by atoms with Gasteiger partial charge in [0.1, 0.15) is 5.82 Å². The van der Waals surface area contributed by atoms with Gasteiger partial charge in [-0.2, -0.15) is 0 Å². The lowest BCUT2D eigenvalue weighted by atomic mass is 10.3. The van der Waals surface area contributed by atoms with E-state index in [1.807, 2.05) is 32.9 Å². The Morgan fingerprint density at radius 2 is 2.12 bits per heavy atom. The summed E-state index contributed by atoms with van der Waals surface area (Å²) >= 11 is 1.26. The predicted octanol–water partition coefficient (Wildman–Crippen LogP) is 1.76. The van der Waals surface area contributed by atoms with Crippen LogP contribution in [0.4, 0.5) is 0 Å². The molecule has 0 saturated heterocycles. The molecule has 0 aromatic carbocycles. The molecule has 0 aromatic heterocycles. The van der Waals surface area contributed by atoms with Crippen molar-refractivity contribution in [2.75, 3.05) is 19.0 Å². The van der Waals surface area contributed by atoms with Crippen LogP contribution >= 0.6 is 11.8 Å². The molecule has 0 heterocycles. The van der Waals surface area contributed by atoms with Crippen LogP contribution in [0.3, 0.4) is 0 Å². The number of nitrogens with two attached hydrogens (primary N) is 2. The third-order valence-electron chi connectivity index (χ3n) is 2.52. The number of thioether (sulfide) groups is 1. The lowest BCUT2D eigenvalue weighted by Gasteiger charge is -2.19.